The van der Waals surface area contributed by atoms with E-state index in [1.165, 1.54) is 7.11 Å². The van der Waals surface area contributed by atoms with Crippen LogP contribution in [-0.2, 0) is 11.2 Å². The minimum atomic E-state index is -0.456. The molecule has 6 heteroatoms. The lowest BCUT2D eigenvalue weighted by molar-refractivity contribution is 0.0599. The van der Waals surface area contributed by atoms with Gasteiger partial charge in [-0.05, 0) is 31.0 Å². The molecule has 1 heterocycles. The molecule has 0 radical (unpaired) electrons. The van der Waals surface area contributed by atoms with Gasteiger partial charge < -0.3 is 15.0 Å². The topological polar surface area (TPSA) is 71.2 Å². The molecule has 5 nitrogen and oxygen atoms in total. The van der Waals surface area contributed by atoms with E-state index in [2.05, 4.69) is 10.3 Å². The van der Waals surface area contributed by atoms with Gasteiger partial charge in [0, 0.05) is 5.69 Å². The van der Waals surface area contributed by atoms with E-state index in [-0.39, 0.29) is 5.91 Å². The molecule has 0 bridgehead atoms. The lowest BCUT2D eigenvalue weighted by atomic mass is 10.1. The van der Waals surface area contributed by atoms with Crippen molar-refractivity contribution in [1.29, 1.82) is 0 Å². The first-order valence-corrected chi connectivity index (χ1v) is 7.23. The lowest BCUT2D eigenvalue weighted by Gasteiger charge is -2.06. The summed E-state index contributed by atoms with van der Waals surface area (Å²) < 4.78 is 4.78. The Hall–Kier alpha value is -2.27. The Kier molecular flexibility index (Phi) is 4.88. The monoisotopic (exact) mass is 320 g/mol. The number of aromatic nitrogens is 1. The fraction of sp³-hybridized carbons (Fsp3) is 0.250. The molecule has 116 valence electrons. The molecule has 2 aromatic rings. The van der Waals surface area contributed by atoms with Crippen molar-refractivity contribution in [2.24, 2.45) is 0 Å². The predicted octanol–water partition coefficient (Wildman–Crippen LogP) is 3.58. The van der Waals surface area contributed by atoms with Gasteiger partial charge in [-0.1, -0.05) is 30.7 Å². The second-order valence-corrected chi connectivity index (χ2v) is 5.16. The van der Waals surface area contributed by atoms with Gasteiger partial charge in [0.25, 0.3) is 5.91 Å². The molecule has 0 saturated heterocycles. The second-order valence-electron chi connectivity index (χ2n) is 4.76. The largest absolute Gasteiger partial charge is 0.465 e. The third-order valence-electron chi connectivity index (χ3n) is 3.42. The third kappa shape index (κ3) is 2.99. The van der Waals surface area contributed by atoms with Gasteiger partial charge in [-0.15, -0.1) is 0 Å². The summed E-state index contributed by atoms with van der Waals surface area (Å²) in [4.78, 5) is 27.3. The summed E-state index contributed by atoms with van der Waals surface area (Å²) in [7, 11) is 1.32. The Labute approximate surface area is 133 Å². The van der Waals surface area contributed by atoms with E-state index in [9.17, 15) is 9.59 Å². The Morgan fingerprint density at radius 2 is 2.00 bits per heavy atom. The molecule has 1 aromatic heterocycles. The Bertz CT molecular complexity index is 722. The van der Waals surface area contributed by atoms with Gasteiger partial charge in [-0.3, -0.25) is 4.79 Å². The number of aromatic amines is 1. The number of esters is 1. The van der Waals surface area contributed by atoms with Crippen LogP contribution < -0.4 is 5.32 Å². The van der Waals surface area contributed by atoms with Gasteiger partial charge in [-0.2, -0.15) is 0 Å². The zero-order chi connectivity index (χ0) is 16.3. The van der Waals surface area contributed by atoms with Crippen LogP contribution in [-0.4, -0.2) is 24.0 Å². The maximum atomic E-state index is 12.4. The maximum Gasteiger partial charge on any atom is 0.339 e. The van der Waals surface area contributed by atoms with Crippen LogP contribution in [0.4, 0.5) is 5.69 Å². The summed E-state index contributed by atoms with van der Waals surface area (Å²) in [6.07, 6.45) is 0.588. The first-order chi connectivity index (χ1) is 10.5. The van der Waals surface area contributed by atoms with E-state index >= 15 is 0 Å². The molecule has 22 heavy (non-hydrogen) atoms. The molecular weight excluding hydrogens is 304 g/mol. The van der Waals surface area contributed by atoms with Crippen molar-refractivity contribution in [3.05, 3.63) is 51.8 Å². The van der Waals surface area contributed by atoms with Crippen LogP contribution >= 0.6 is 11.6 Å². The predicted molar refractivity (Wildman–Crippen MR) is 85.7 cm³/mol. The molecule has 2 rings (SSSR count). The minimum absolute atomic E-state index is 0.331. The zero-order valence-electron chi connectivity index (χ0n) is 12.6. The molecule has 1 amide bonds. The van der Waals surface area contributed by atoms with Gasteiger partial charge in [0.1, 0.15) is 5.69 Å². The van der Waals surface area contributed by atoms with Crippen molar-refractivity contribution in [1.82, 2.24) is 4.98 Å². The van der Waals surface area contributed by atoms with Gasteiger partial charge in [0.2, 0.25) is 0 Å². The van der Waals surface area contributed by atoms with Crippen LogP contribution in [0, 0.1) is 6.92 Å². The molecule has 0 aliphatic heterocycles. The number of carbonyl (C=O) groups excluding carboxylic acids is 2. The summed E-state index contributed by atoms with van der Waals surface area (Å²) in [6.45, 7) is 3.61. The van der Waals surface area contributed by atoms with E-state index in [1.54, 1.807) is 31.2 Å². The number of methoxy groups -OCH3 is 1. The maximum absolute atomic E-state index is 12.4. The average molecular weight is 321 g/mol. The third-order valence-corrected chi connectivity index (χ3v) is 3.75. The Balaban J connectivity index is 2.37. The number of nitrogens with one attached hydrogen (secondary N) is 2. The number of hydrogen-bond donors (Lipinski definition) is 2. The molecule has 0 fully saturated rings. The molecule has 0 atom stereocenters. The van der Waals surface area contributed by atoms with Crippen molar-refractivity contribution < 1.29 is 14.3 Å². The molecular formula is C16H17ClN2O3. The molecule has 0 aliphatic rings. The van der Waals surface area contributed by atoms with E-state index < -0.39 is 5.97 Å². The van der Waals surface area contributed by atoms with E-state index in [1.807, 2.05) is 6.92 Å². The summed E-state index contributed by atoms with van der Waals surface area (Å²) in [5, 5.41) is 3.18. The van der Waals surface area contributed by atoms with Crippen LogP contribution in [0.3, 0.4) is 0 Å². The normalized spacial score (nSPS) is 10.4. The fourth-order valence-corrected chi connectivity index (χ4v) is 2.46. The molecule has 0 unspecified atom stereocenters. The van der Waals surface area contributed by atoms with E-state index in [4.69, 9.17) is 16.3 Å². The van der Waals surface area contributed by atoms with Crippen LogP contribution in [0.25, 0.3) is 0 Å². The minimum Gasteiger partial charge on any atom is -0.465 e. The van der Waals surface area contributed by atoms with Crippen LogP contribution in [0.1, 0.15) is 39.0 Å². The van der Waals surface area contributed by atoms with Crippen LogP contribution in [0.5, 0.6) is 0 Å². The van der Waals surface area contributed by atoms with E-state index in [0.29, 0.717) is 39.6 Å². The highest BCUT2D eigenvalue weighted by atomic mass is 35.5. The molecule has 2 N–H and O–H groups in total. The first-order valence-electron chi connectivity index (χ1n) is 6.85. The zero-order valence-corrected chi connectivity index (χ0v) is 13.4. The van der Waals surface area contributed by atoms with Gasteiger partial charge in [-0.25, -0.2) is 4.79 Å². The summed E-state index contributed by atoms with van der Waals surface area (Å²) in [5.74, 6) is -0.808. The average Bonchev–Trinajstić information content (AvgIpc) is 2.85. The number of aryl methyl sites for hydroxylation is 1. The number of anilines is 1. The summed E-state index contributed by atoms with van der Waals surface area (Å²) >= 11 is 6.03. The molecule has 0 spiro atoms. The lowest BCUT2D eigenvalue weighted by Crippen LogP contribution is -2.14. The first kappa shape index (κ1) is 16.1. The highest BCUT2D eigenvalue weighted by molar-refractivity contribution is 6.33. The SMILES string of the molecule is CCc1[nH]c(C(=O)Nc2ccccc2Cl)c(C)c1C(=O)OC. The van der Waals surface area contributed by atoms with Crippen molar-refractivity contribution in [2.75, 3.05) is 12.4 Å². The number of para-hydroxylation sites is 1. The van der Waals surface area contributed by atoms with Crippen molar-refractivity contribution >= 4 is 29.2 Å². The van der Waals surface area contributed by atoms with Crippen molar-refractivity contribution in [3.8, 4) is 0 Å². The smallest absolute Gasteiger partial charge is 0.339 e. The number of carbonyl (C=O) groups is 2. The Morgan fingerprint density at radius 3 is 2.59 bits per heavy atom. The summed E-state index contributed by atoms with van der Waals surface area (Å²) in [6, 6.07) is 6.96. The molecule has 0 aliphatic carbocycles. The summed E-state index contributed by atoms with van der Waals surface area (Å²) in [5.41, 5.74) is 2.49. The number of rotatable bonds is 4. The number of hydrogen-bond acceptors (Lipinski definition) is 3. The van der Waals surface area contributed by atoms with Gasteiger partial charge in [0.05, 0.1) is 23.4 Å². The quantitative estimate of drug-likeness (QED) is 0.846. The van der Waals surface area contributed by atoms with Gasteiger partial charge in [0.15, 0.2) is 0 Å². The Morgan fingerprint density at radius 1 is 1.32 bits per heavy atom. The van der Waals surface area contributed by atoms with Crippen molar-refractivity contribution in [3.63, 3.8) is 0 Å². The molecule has 0 saturated carbocycles. The second kappa shape index (κ2) is 6.66. The number of H-pyrrole nitrogens is 1. The number of halogens is 1. The highest BCUT2D eigenvalue weighted by Gasteiger charge is 2.23. The number of ether oxygens (including phenoxy) is 1. The molecule has 1 aromatic carbocycles. The van der Waals surface area contributed by atoms with Crippen LogP contribution in [0.15, 0.2) is 24.3 Å². The van der Waals surface area contributed by atoms with Crippen molar-refractivity contribution in [2.45, 2.75) is 20.3 Å². The van der Waals surface area contributed by atoms with Crippen LogP contribution in [0.2, 0.25) is 5.02 Å². The highest BCUT2D eigenvalue weighted by Crippen LogP contribution is 2.24. The fourth-order valence-electron chi connectivity index (χ4n) is 2.28. The number of benzene rings is 1. The van der Waals surface area contributed by atoms with E-state index in [0.717, 1.165) is 0 Å². The standard InChI is InChI=1S/C16H17ClN2O3/c1-4-11-13(16(21)22-3)9(2)14(18-11)15(20)19-12-8-6-5-7-10(12)17/h5-8,18H,4H2,1-3H3,(H,19,20). The van der Waals surface area contributed by atoms with Gasteiger partial charge >= 0.3 is 5.97 Å². The number of amides is 1.